The molecule has 26 heavy (non-hydrogen) atoms. The van der Waals surface area contributed by atoms with Crippen LogP contribution in [-0.4, -0.2) is 44.3 Å². The first-order chi connectivity index (χ1) is 12.6. The van der Waals surface area contributed by atoms with Gasteiger partial charge in [-0.3, -0.25) is 9.69 Å². The maximum atomic E-state index is 12.1. The highest BCUT2D eigenvalue weighted by Gasteiger charge is 2.13. The van der Waals surface area contributed by atoms with Gasteiger partial charge in [0.15, 0.2) is 11.5 Å². The summed E-state index contributed by atoms with van der Waals surface area (Å²) in [6.07, 6.45) is 0.822. The lowest BCUT2D eigenvalue weighted by molar-refractivity contribution is -0.117. The van der Waals surface area contributed by atoms with Gasteiger partial charge >= 0.3 is 0 Å². The van der Waals surface area contributed by atoms with Gasteiger partial charge in [0.05, 0.1) is 13.2 Å². The van der Waals surface area contributed by atoms with Crippen molar-refractivity contribution in [3.63, 3.8) is 0 Å². The molecule has 0 aromatic heterocycles. The molecule has 2 aromatic rings. The van der Waals surface area contributed by atoms with E-state index >= 15 is 0 Å². The molecule has 1 N–H and O–H groups in total. The predicted octanol–water partition coefficient (Wildman–Crippen LogP) is 3.06. The maximum absolute atomic E-state index is 12.1. The fourth-order valence-electron chi connectivity index (χ4n) is 2.65. The Balaban J connectivity index is 1.34. The van der Waals surface area contributed by atoms with Gasteiger partial charge in [-0.05, 0) is 44.7 Å². The summed E-state index contributed by atoms with van der Waals surface area (Å²) in [5.74, 6) is 2.20. The number of aryl methyl sites for hydroxylation is 1. The summed E-state index contributed by atoms with van der Waals surface area (Å²) in [7, 11) is 1.93. The van der Waals surface area contributed by atoms with Crippen LogP contribution in [0.3, 0.4) is 0 Å². The number of fused-ring (bicyclic) bond motifs is 1. The largest absolute Gasteiger partial charge is 0.493 e. The molecule has 0 fully saturated rings. The first-order valence-electron chi connectivity index (χ1n) is 8.68. The number of carbonyl (C=O) groups is 1. The molecule has 1 aliphatic heterocycles. The van der Waals surface area contributed by atoms with E-state index in [1.165, 1.54) is 5.56 Å². The van der Waals surface area contributed by atoms with Gasteiger partial charge in [0.25, 0.3) is 0 Å². The number of nitrogens with zero attached hydrogens (tertiary/aromatic N) is 1. The van der Waals surface area contributed by atoms with Crippen molar-refractivity contribution in [2.45, 2.75) is 13.3 Å². The van der Waals surface area contributed by atoms with Gasteiger partial charge in [-0.15, -0.1) is 0 Å². The Kier molecular flexibility index (Phi) is 5.96. The van der Waals surface area contributed by atoms with Gasteiger partial charge in [-0.1, -0.05) is 17.7 Å². The van der Waals surface area contributed by atoms with Crippen LogP contribution in [0.1, 0.15) is 12.0 Å². The summed E-state index contributed by atoms with van der Waals surface area (Å²) in [6.45, 7) is 3.96. The highest BCUT2D eigenvalue weighted by atomic mass is 16.7. The van der Waals surface area contributed by atoms with Crippen LogP contribution in [0.4, 0.5) is 5.69 Å². The van der Waals surface area contributed by atoms with E-state index in [1.807, 2.05) is 61.3 Å². The Morgan fingerprint density at radius 1 is 1.15 bits per heavy atom. The molecule has 0 radical (unpaired) electrons. The lowest BCUT2D eigenvalue weighted by Gasteiger charge is -2.16. The molecule has 1 aliphatic rings. The van der Waals surface area contributed by atoms with Crippen molar-refractivity contribution < 1.29 is 19.0 Å². The zero-order chi connectivity index (χ0) is 18.4. The minimum absolute atomic E-state index is 0.0203. The number of amides is 1. The number of ether oxygens (including phenoxy) is 3. The van der Waals surface area contributed by atoms with Crippen LogP contribution in [0, 0.1) is 6.92 Å². The van der Waals surface area contributed by atoms with Crippen molar-refractivity contribution >= 4 is 11.6 Å². The van der Waals surface area contributed by atoms with Crippen LogP contribution < -0.4 is 19.5 Å². The monoisotopic (exact) mass is 356 g/mol. The molecule has 0 saturated carbocycles. The third-order valence-corrected chi connectivity index (χ3v) is 4.05. The second-order valence-corrected chi connectivity index (χ2v) is 6.37. The van der Waals surface area contributed by atoms with Crippen LogP contribution >= 0.6 is 0 Å². The van der Waals surface area contributed by atoms with Crippen LogP contribution in [0.5, 0.6) is 17.2 Å². The highest BCUT2D eigenvalue weighted by Crippen LogP contribution is 2.35. The van der Waals surface area contributed by atoms with E-state index in [9.17, 15) is 4.79 Å². The van der Waals surface area contributed by atoms with Crippen molar-refractivity contribution in [1.82, 2.24) is 4.90 Å². The Bertz CT molecular complexity index is 746. The van der Waals surface area contributed by atoms with E-state index in [1.54, 1.807) is 0 Å². The minimum atomic E-state index is -0.0203. The van der Waals surface area contributed by atoms with E-state index in [0.29, 0.717) is 18.9 Å². The van der Waals surface area contributed by atoms with E-state index in [4.69, 9.17) is 14.2 Å². The summed E-state index contributed by atoms with van der Waals surface area (Å²) >= 11 is 0. The number of anilines is 1. The molecule has 0 atom stereocenters. The number of benzene rings is 2. The normalized spacial score (nSPS) is 12.3. The van der Waals surface area contributed by atoms with Crippen LogP contribution in [0.25, 0.3) is 0 Å². The molecule has 2 aromatic carbocycles. The predicted molar refractivity (Wildman–Crippen MR) is 100.0 cm³/mol. The number of hydrogen-bond donors (Lipinski definition) is 1. The second kappa shape index (κ2) is 8.58. The van der Waals surface area contributed by atoms with Gasteiger partial charge in [-0.2, -0.15) is 0 Å². The van der Waals surface area contributed by atoms with E-state index < -0.39 is 0 Å². The van der Waals surface area contributed by atoms with E-state index in [0.717, 1.165) is 30.2 Å². The molecular formula is C20H24N2O4. The van der Waals surface area contributed by atoms with Gasteiger partial charge in [-0.25, -0.2) is 0 Å². The molecule has 0 aliphatic carbocycles. The summed E-state index contributed by atoms with van der Waals surface area (Å²) in [5, 5.41) is 2.90. The molecular weight excluding hydrogens is 332 g/mol. The average molecular weight is 356 g/mol. The van der Waals surface area contributed by atoms with Crippen molar-refractivity contribution in [3.8, 4) is 17.2 Å². The molecule has 0 bridgehead atoms. The van der Waals surface area contributed by atoms with Gasteiger partial charge in [0.1, 0.15) is 5.75 Å². The number of nitrogens with one attached hydrogen (secondary N) is 1. The standard InChI is InChI=1S/C20H24N2O4/c1-15-4-6-16(7-5-15)21-20(23)13-22(2)10-3-11-24-17-8-9-18-19(12-17)26-14-25-18/h4-9,12H,3,10-11,13-14H2,1-2H3,(H,21,23). The van der Waals surface area contributed by atoms with E-state index in [2.05, 4.69) is 5.32 Å². The zero-order valence-electron chi connectivity index (χ0n) is 15.2. The molecule has 0 saturated heterocycles. The van der Waals surface area contributed by atoms with Gasteiger partial charge < -0.3 is 19.5 Å². The molecule has 138 valence electrons. The van der Waals surface area contributed by atoms with Gasteiger partial charge in [0.2, 0.25) is 12.7 Å². The summed E-state index contributed by atoms with van der Waals surface area (Å²) in [4.78, 5) is 14.0. The number of likely N-dealkylation sites (N-methyl/N-ethyl adjacent to an activating group) is 1. The maximum Gasteiger partial charge on any atom is 0.238 e. The minimum Gasteiger partial charge on any atom is -0.493 e. The first-order valence-corrected chi connectivity index (χ1v) is 8.68. The van der Waals surface area contributed by atoms with Crippen LogP contribution in [-0.2, 0) is 4.79 Å². The average Bonchev–Trinajstić information content (AvgIpc) is 3.08. The Labute approximate surface area is 153 Å². The smallest absolute Gasteiger partial charge is 0.238 e. The van der Waals surface area contributed by atoms with Crippen molar-refractivity contribution in [2.24, 2.45) is 0 Å². The van der Waals surface area contributed by atoms with E-state index in [-0.39, 0.29) is 12.7 Å². The molecule has 3 rings (SSSR count). The summed E-state index contributed by atoms with van der Waals surface area (Å²) in [5.41, 5.74) is 1.99. The highest BCUT2D eigenvalue weighted by molar-refractivity contribution is 5.92. The summed E-state index contributed by atoms with van der Waals surface area (Å²) in [6, 6.07) is 13.3. The first kappa shape index (κ1) is 18.1. The topological polar surface area (TPSA) is 60.0 Å². The Morgan fingerprint density at radius 2 is 1.92 bits per heavy atom. The van der Waals surface area contributed by atoms with Crippen molar-refractivity contribution in [3.05, 3.63) is 48.0 Å². The van der Waals surface area contributed by atoms with Crippen LogP contribution in [0.2, 0.25) is 0 Å². The fraction of sp³-hybridized carbons (Fsp3) is 0.350. The Hall–Kier alpha value is -2.73. The molecule has 0 spiro atoms. The zero-order valence-corrected chi connectivity index (χ0v) is 15.2. The molecule has 1 amide bonds. The SMILES string of the molecule is Cc1ccc(NC(=O)CN(C)CCCOc2ccc3c(c2)OCO3)cc1. The third kappa shape index (κ3) is 5.13. The Morgan fingerprint density at radius 3 is 2.73 bits per heavy atom. The fourth-order valence-corrected chi connectivity index (χ4v) is 2.65. The van der Waals surface area contributed by atoms with Crippen molar-refractivity contribution in [2.75, 3.05) is 38.9 Å². The van der Waals surface area contributed by atoms with Gasteiger partial charge in [0, 0.05) is 18.3 Å². The molecule has 6 nitrogen and oxygen atoms in total. The number of carbonyl (C=O) groups excluding carboxylic acids is 1. The lowest BCUT2D eigenvalue weighted by Crippen LogP contribution is -2.31. The quantitative estimate of drug-likeness (QED) is 0.737. The second-order valence-electron chi connectivity index (χ2n) is 6.37. The number of rotatable bonds is 8. The summed E-state index contributed by atoms with van der Waals surface area (Å²) < 4.78 is 16.3. The third-order valence-electron chi connectivity index (χ3n) is 4.05. The number of hydrogen-bond acceptors (Lipinski definition) is 5. The van der Waals surface area contributed by atoms with Crippen molar-refractivity contribution in [1.29, 1.82) is 0 Å². The molecule has 1 heterocycles. The lowest BCUT2D eigenvalue weighted by atomic mass is 10.2. The molecule has 0 unspecified atom stereocenters. The molecule has 6 heteroatoms. The van der Waals surface area contributed by atoms with Crippen LogP contribution in [0.15, 0.2) is 42.5 Å².